The number of hydrogen-bond donors (Lipinski definition) is 4. The van der Waals surface area contributed by atoms with Crippen molar-refractivity contribution in [3.05, 3.63) is 11.8 Å². The number of hydrazine groups is 1. The number of aryl methyl sites for hydroxylation is 1. The lowest BCUT2D eigenvalue weighted by Crippen LogP contribution is -2.19. The molecule has 0 bridgehead atoms. The third kappa shape index (κ3) is 5.43. The van der Waals surface area contributed by atoms with Crippen molar-refractivity contribution in [3.8, 4) is 0 Å². The van der Waals surface area contributed by atoms with Crippen LogP contribution in [-0.2, 0) is 10.0 Å². The van der Waals surface area contributed by atoms with Gasteiger partial charge in [-0.1, -0.05) is 0 Å². The van der Waals surface area contributed by atoms with E-state index in [1.165, 1.54) is 0 Å². The Labute approximate surface area is 99.8 Å². The van der Waals surface area contributed by atoms with Gasteiger partial charge in [-0.2, -0.15) is 4.98 Å². The van der Waals surface area contributed by atoms with Crippen LogP contribution < -0.4 is 21.7 Å². The summed E-state index contributed by atoms with van der Waals surface area (Å²) in [6.07, 6.45) is 0.410. The molecule has 0 atom stereocenters. The van der Waals surface area contributed by atoms with Crippen LogP contribution in [-0.4, -0.2) is 30.7 Å². The smallest absolute Gasteiger partial charge is 0.239 e. The number of aromatic nitrogens is 2. The number of primary sulfonamides is 1. The van der Waals surface area contributed by atoms with Crippen molar-refractivity contribution in [2.75, 3.05) is 23.0 Å². The fraction of sp³-hybridized carbons (Fsp3) is 0.500. The fourth-order valence-corrected chi connectivity index (χ4v) is 1.76. The lowest BCUT2D eigenvalue weighted by molar-refractivity contribution is 0.595. The number of sulfonamides is 1. The van der Waals surface area contributed by atoms with Crippen LogP contribution in [0, 0.1) is 6.92 Å². The molecule has 6 N–H and O–H groups in total. The van der Waals surface area contributed by atoms with Crippen molar-refractivity contribution < 1.29 is 8.42 Å². The Hall–Kier alpha value is -1.45. The maximum Gasteiger partial charge on any atom is 0.239 e. The molecule has 1 heterocycles. The van der Waals surface area contributed by atoms with Crippen LogP contribution in [0.5, 0.6) is 0 Å². The summed E-state index contributed by atoms with van der Waals surface area (Å²) in [6.45, 7) is 2.26. The van der Waals surface area contributed by atoms with Crippen molar-refractivity contribution in [1.82, 2.24) is 9.97 Å². The van der Waals surface area contributed by atoms with Gasteiger partial charge in [-0.25, -0.2) is 24.4 Å². The minimum Gasteiger partial charge on any atom is -0.370 e. The molecule has 0 aliphatic heterocycles. The highest BCUT2D eigenvalue weighted by molar-refractivity contribution is 7.89. The maximum atomic E-state index is 10.7. The van der Waals surface area contributed by atoms with E-state index in [-0.39, 0.29) is 5.75 Å². The molecule has 0 aromatic carbocycles. The van der Waals surface area contributed by atoms with Gasteiger partial charge in [-0.15, -0.1) is 0 Å². The Morgan fingerprint density at radius 3 is 2.71 bits per heavy atom. The topological polar surface area (TPSA) is 136 Å². The van der Waals surface area contributed by atoms with Gasteiger partial charge >= 0.3 is 0 Å². The average molecular weight is 260 g/mol. The van der Waals surface area contributed by atoms with Crippen molar-refractivity contribution in [3.63, 3.8) is 0 Å². The average Bonchev–Trinajstić information content (AvgIpc) is 2.22. The molecule has 0 spiro atoms. The number of nitrogens with zero attached hydrogens (tertiary/aromatic N) is 2. The van der Waals surface area contributed by atoms with Crippen LogP contribution in [0.25, 0.3) is 0 Å². The summed E-state index contributed by atoms with van der Waals surface area (Å²) < 4.78 is 21.4. The van der Waals surface area contributed by atoms with E-state index in [4.69, 9.17) is 11.0 Å². The predicted octanol–water partition coefficient (Wildman–Crippen LogP) is -0.839. The lowest BCUT2D eigenvalue weighted by Gasteiger charge is -2.07. The normalized spacial score (nSPS) is 11.2. The quantitative estimate of drug-likeness (QED) is 0.297. The molecule has 0 unspecified atom stereocenters. The third-order valence-electron chi connectivity index (χ3n) is 1.90. The number of nitrogens with one attached hydrogen (secondary N) is 2. The van der Waals surface area contributed by atoms with Gasteiger partial charge in [0.15, 0.2) is 0 Å². The monoisotopic (exact) mass is 260 g/mol. The van der Waals surface area contributed by atoms with E-state index in [9.17, 15) is 8.42 Å². The minimum absolute atomic E-state index is 0.0634. The van der Waals surface area contributed by atoms with Crippen molar-refractivity contribution in [1.29, 1.82) is 0 Å². The Bertz CT molecular complexity index is 475. The van der Waals surface area contributed by atoms with Crippen LogP contribution >= 0.6 is 0 Å². The summed E-state index contributed by atoms with van der Waals surface area (Å²) in [5.41, 5.74) is 3.10. The molecule has 0 saturated heterocycles. The van der Waals surface area contributed by atoms with Gasteiger partial charge in [0.25, 0.3) is 0 Å². The number of rotatable bonds is 6. The SMILES string of the molecule is Cc1cc(NCCCS(N)(=O)=O)nc(NN)n1. The standard InChI is InChI=1S/C8H16N6O2S/c1-6-5-7(13-8(12-6)14-9)11-3-2-4-17(10,15)16/h5H,2-4,9H2,1H3,(H2,10,15,16)(H2,11,12,13,14). The summed E-state index contributed by atoms with van der Waals surface area (Å²) in [5, 5.41) is 7.84. The molecule has 96 valence electrons. The highest BCUT2D eigenvalue weighted by atomic mass is 32.2. The van der Waals surface area contributed by atoms with Gasteiger partial charge in [0, 0.05) is 18.3 Å². The summed E-state index contributed by atoms with van der Waals surface area (Å²) in [5.74, 6) is 6.03. The van der Waals surface area contributed by atoms with E-state index in [1.54, 1.807) is 13.0 Å². The number of nitrogens with two attached hydrogens (primary N) is 2. The molecule has 0 saturated carbocycles. The zero-order valence-corrected chi connectivity index (χ0v) is 10.3. The molecule has 0 aliphatic rings. The maximum absolute atomic E-state index is 10.7. The zero-order valence-electron chi connectivity index (χ0n) is 9.47. The van der Waals surface area contributed by atoms with Crippen LogP contribution in [0.15, 0.2) is 6.07 Å². The van der Waals surface area contributed by atoms with Crippen LogP contribution in [0.1, 0.15) is 12.1 Å². The molecule has 0 fully saturated rings. The third-order valence-corrected chi connectivity index (χ3v) is 2.75. The first-order valence-corrected chi connectivity index (χ1v) is 6.69. The van der Waals surface area contributed by atoms with E-state index in [0.29, 0.717) is 24.7 Å². The minimum atomic E-state index is -3.40. The highest BCUT2D eigenvalue weighted by Crippen LogP contribution is 2.08. The summed E-state index contributed by atoms with van der Waals surface area (Å²) in [7, 11) is -3.40. The van der Waals surface area contributed by atoms with Crippen molar-refractivity contribution >= 4 is 21.8 Å². The molecule has 0 radical (unpaired) electrons. The number of anilines is 2. The fourth-order valence-electron chi connectivity index (χ4n) is 1.21. The number of nitrogen functional groups attached to an aromatic ring is 1. The molecule has 8 nitrogen and oxygen atoms in total. The van der Waals surface area contributed by atoms with Crippen LogP contribution in [0.3, 0.4) is 0 Å². The summed E-state index contributed by atoms with van der Waals surface area (Å²) >= 11 is 0. The van der Waals surface area contributed by atoms with E-state index in [0.717, 1.165) is 5.69 Å². The molecule has 0 amide bonds. The molecule has 0 aliphatic carbocycles. The molecule has 9 heteroatoms. The van der Waals surface area contributed by atoms with Crippen molar-refractivity contribution in [2.24, 2.45) is 11.0 Å². The van der Waals surface area contributed by atoms with Gasteiger partial charge in [-0.05, 0) is 13.3 Å². The van der Waals surface area contributed by atoms with Crippen LogP contribution in [0.2, 0.25) is 0 Å². The van der Waals surface area contributed by atoms with Crippen LogP contribution in [0.4, 0.5) is 11.8 Å². The summed E-state index contributed by atoms with van der Waals surface area (Å²) in [6, 6.07) is 1.73. The lowest BCUT2D eigenvalue weighted by atomic mass is 10.4. The molecular weight excluding hydrogens is 244 g/mol. The largest absolute Gasteiger partial charge is 0.370 e. The second-order valence-corrected chi connectivity index (χ2v) is 5.24. The molecule has 17 heavy (non-hydrogen) atoms. The van der Waals surface area contributed by atoms with Gasteiger partial charge < -0.3 is 5.32 Å². The first-order chi connectivity index (χ1) is 7.90. The van der Waals surface area contributed by atoms with Gasteiger partial charge in [0.2, 0.25) is 16.0 Å². The molecule has 1 rings (SSSR count). The van der Waals surface area contributed by atoms with E-state index in [2.05, 4.69) is 20.7 Å². The van der Waals surface area contributed by atoms with E-state index < -0.39 is 10.0 Å². The second-order valence-electron chi connectivity index (χ2n) is 3.51. The number of hydrogen-bond acceptors (Lipinski definition) is 7. The highest BCUT2D eigenvalue weighted by Gasteiger charge is 2.03. The Balaban J connectivity index is 2.49. The van der Waals surface area contributed by atoms with Gasteiger partial charge in [-0.3, -0.25) is 5.43 Å². The predicted molar refractivity (Wildman–Crippen MR) is 65.7 cm³/mol. The Kier molecular flexibility index (Phi) is 4.61. The van der Waals surface area contributed by atoms with E-state index in [1.807, 2.05) is 0 Å². The molecule has 1 aromatic heterocycles. The first kappa shape index (κ1) is 13.6. The summed E-state index contributed by atoms with van der Waals surface area (Å²) in [4.78, 5) is 8.06. The molecule has 1 aromatic rings. The Morgan fingerprint density at radius 2 is 2.12 bits per heavy atom. The molecular formula is C8H16N6O2S. The van der Waals surface area contributed by atoms with Gasteiger partial charge in [0.05, 0.1) is 5.75 Å². The van der Waals surface area contributed by atoms with Gasteiger partial charge in [0.1, 0.15) is 5.82 Å². The van der Waals surface area contributed by atoms with Crippen molar-refractivity contribution in [2.45, 2.75) is 13.3 Å². The first-order valence-electron chi connectivity index (χ1n) is 4.97. The van der Waals surface area contributed by atoms with E-state index >= 15 is 0 Å². The second kappa shape index (κ2) is 5.75. The zero-order chi connectivity index (χ0) is 12.9. The Morgan fingerprint density at radius 1 is 1.41 bits per heavy atom.